The van der Waals surface area contributed by atoms with E-state index in [1.54, 1.807) is 0 Å². The fourth-order valence-electron chi connectivity index (χ4n) is 2.86. The van der Waals surface area contributed by atoms with Gasteiger partial charge in [-0.2, -0.15) is 13.2 Å². The summed E-state index contributed by atoms with van der Waals surface area (Å²) < 4.78 is 36.1. The first-order valence-corrected chi connectivity index (χ1v) is 6.31. The summed E-state index contributed by atoms with van der Waals surface area (Å²) in [5.74, 6) is -1.63. The van der Waals surface area contributed by atoms with E-state index in [0.717, 1.165) is 0 Å². The molecule has 2 aliphatic rings. The molecule has 1 aliphatic carbocycles. The summed E-state index contributed by atoms with van der Waals surface area (Å²) in [4.78, 5) is 23.9. The maximum atomic E-state index is 12.0. The van der Waals surface area contributed by atoms with Crippen LogP contribution < -0.4 is 0 Å². The molecule has 1 saturated heterocycles. The van der Waals surface area contributed by atoms with Gasteiger partial charge in [0.15, 0.2) is 0 Å². The van der Waals surface area contributed by atoms with E-state index in [9.17, 15) is 22.8 Å². The Labute approximate surface area is 108 Å². The lowest BCUT2D eigenvalue weighted by Gasteiger charge is -2.32. The summed E-state index contributed by atoms with van der Waals surface area (Å²) in [6, 6.07) is 0. The van der Waals surface area contributed by atoms with E-state index in [1.165, 1.54) is 4.90 Å². The van der Waals surface area contributed by atoms with Crippen LogP contribution in [0.5, 0.6) is 0 Å². The monoisotopic (exact) mass is 279 g/mol. The van der Waals surface area contributed by atoms with Crippen molar-refractivity contribution in [2.24, 2.45) is 11.3 Å². The fraction of sp³-hybridized carbons (Fsp3) is 0.833. The molecule has 4 nitrogen and oxygen atoms in total. The van der Waals surface area contributed by atoms with E-state index in [2.05, 4.69) is 0 Å². The number of halogens is 3. The highest BCUT2D eigenvalue weighted by Crippen LogP contribution is 2.59. The minimum absolute atomic E-state index is 0.202. The predicted molar refractivity (Wildman–Crippen MR) is 59.3 cm³/mol. The summed E-state index contributed by atoms with van der Waals surface area (Å²) in [5, 5.41) is 8.91. The normalized spacial score (nSPS) is 25.4. The van der Waals surface area contributed by atoms with E-state index >= 15 is 0 Å². The second kappa shape index (κ2) is 4.68. The lowest BCUT2D eigenvalue weighted by molar-refractivity contribution is -0.150. The summed E-state index contributed by atoms with van der Waals surface area (Å²) in [6.45, 7) is 0.751. The molecule has 19 heavy (non-hydrogen) atoms. The number of amides is 1. The van der Waals surface area contributed by atoms with E-state index in [4.69, 9.17) is 5.11 Å². The van der Waals surface area contributed by atoms with Crippen LogP contribution in [0.1, 0.15) is 32.1 Å². The Kier molecular flexibility index (Phi) is 3.49. The molecule has 1 heterocycles. The van der Waals surface area contributed by atoms with Crippen molar-refractivity contribution in [2.75, 3.05) is 13.1 Å². The second-order valence-electron chi connectivity index (χ2n) is 5.45. The maximum absolute atomic E-state index is 12.0. The first kappa shape index (κ1) is 14.1. The van der Waals surface area contributed by atoms with Crippen molar-refractivity contribution in [3.8, 4) is 0 Å². The van der Waals surface area contributed by atoms with Gasteiger partial charge < -0.3 is 10.0 Å². The number of alkyl halides is 3. The minimum atomic E-state index is -4.31. The molecule has 0 aromatic rings. The van der Waals surface area contributed by atoms with Gasteiger partial charge in [-0.3, -0.25) is 9.59 Å². The molecular weight excluding hydrogens is 263 g/mol. The van der Waals surface area contributed by atoms with Gasteiger partial charge in [-0.1, -0.05) is 0 Å². The molecule has 1 saturated carbocycles. The number of piperidine rings is 1. The van der Waals surface area contributed by atoms with Crippen molar-refractivity contribution < 1.29 is 27.9 Å². The van der Waals surface area contributed by atoms with Gasteiger partial charge in [-0.15, -0.1) is 0 Å². The number of carboxylic acid groups (broad SMARTS) is 1. The van der Waals surface area contributed by atoms with Crippen LogP contribution in [0.3, 0.4) is 0 Å². The Morgan fingerprint density at radius 2 is 1.84 bits per heavy atom. The van der Waals surface area contributed by atoms with Gasteiger partial charge >= 0.3 is 12.1 Å². The van der Waals surface area contributed by atoms with Crippen LogP contribution in [0.25, 0.3) is 0 Å². The molecule has 1 N–H and O–H groups in total. The summed E-state index contributed by atoms with van der Waals surface area (Å²) in [7, 11) is 0. The first-order valence-electron chi connectivity index (χ1n) is 6.31. The van der Waals surface area contributed by atoms with Crippen LogP contribution in [0, 0.1) is 11.3 Å². The third-order valence-corrected chi connectivity index (χ3v) is 4.22. The second-order valence-corrected chi connectivity index (χ2v) is 5.45. The number of hydrogen-bond donors (Lipinski definition) is 1. The molecule has 1 aliphatic heterocycles. The van der Waals surface area contributed by atoms with Gasteiger partial charge in [0.05, 0.1) is 12.3 Å². The average Bonchev–Trinajstić information content (AvgIpc) is 3.01. The van der Waals surface area contributed by atoms with Crippen molar-refractivity contribution in [1.29, 1.82) is 0 Å². The number of rotatable bonds is 3. The number of carboxylic acids is 1. The van der Waals surface area contributed by atoms with E-state index in [-0.39, 0.29) is 11.3 Å². The van der Waals surface area contributed by atoms with Crippen molar-refractivity contribution in [3.63, 3.8) is 0 Å². The number of nitrogens with zero attached hydrogens (tertiary/aromatic N) is 1. The molecule has 1 unspecified atom stereocenters. The van der Waals surface area contributed by atoms with Crippen LogP contribution in [0.4, 0.5) is 13.2 Å². The Morgan fingerprint density at radius 1 is 1.26 bits per heavy atom. The molecule has 1 amide bonds. The molecule has 0 bridgehead atoms. The van der Waals surface area contributed by atoms with Crippen LogP contribution >= 0.6 is 0 Å². The molecule has 0 radical (unpaired) electrons. The number of aliphatic carboxylic acids is 1. The third kappa shape index (κ3) is 3.19. The predicted octanol–water partition coefficient (Wildman–Crippen LogP) is 2.04. The molecular formula is C12H16F3NO3. The zero-order valence-corrected chi connectivity index (χ0v) is 10.4. The molecule has 2 rings (SSSR count). The highest BCUT2D eigenvalue weighted by atomic mass is 19.4. The molecule has 108 valence electrons. The smallest absolute Gasteiger partial charge is 0.389 e. The summed E-state index contributed by atoms with van der Waals surface area (Å²) >= 11 is 0. The number of likely N-dealkylation sites (tertiary alicyclic amines) is 1. The molecule has 0 aromatic heterocycles. The minimum Gasteiger partial charge on any atom is -0.481 e. The highest BCUT2D eigenvalue weighted by molar-refractivity contribution is 5.77. The Balaban J connectivity index is 1.78. The molecule has 1 spiro atoms. The number of hydrogen-bond acceptors (Lipinski definition) is 2. The van der Waals surface area contributed by atoms with Crippen LogP contribution in [0.15, 0.2) is 0 Å². The van der Waals surface area contributed by atoms with Gasteiger partial charge in [0, 0.05) is 19.5 Å². The van der Waals surface area contributed by atoms with Gasteiger partial charge in [0.1, 0.15) is 0 Å². The number of carbonyl (C=O) groups is 2. The fourth-order valence-corrected chi connectivity index (χ4v) is 2.86. The average molecular weight is 279 g/mol. The molecule has 1 atom stereocenters. The molecule has 2 fully saturated rings. The van der Waals surface area contributed by atoms with Crippen LogP contribution in [0.2, 0.25) is 0 Å². The lowest BCUT2D eigenvalue weighted by Crippen LogP contribution is -2.40. The maximum Gasteiger partial charge on any atom is 0.389 e. The van der Waals surface area contributed by atoms with Gasteiger partial charge in [-0.25, -0.2) is 0 Å². The van der Waals surface area contributed by atoms with Gasteiger partial charge in [0.2, 0.25) is 5.91 Å². The molecule has 7 heteroatoms. The van der Waals surface area contributed by atoms with E-state index in [1.807, 2.05) is 0 Å². The Bertz CT molecular complexity index is 386. The SMILES string of the molecule is O=C(O)C1CC12CCN(C(=O)CCC(F)(F)F)CC2. The van der Waals surface area contributed by atoms with Crippen LogP contribution in [-0.4, -0.2) is 41.1 Å². The lowest BCUT2D eigenvalue weighted by atomic mass is 9.90. The first-order chi connectivity index (χ1) is 8.73. The zero-order valence-electron chi connectivity index (χ0n) is 10.4. The quantitative estimate of drug-likeness (QED) is 0.860. The number of carbonyl (C=O) groups excluding carboxylic acids is 1. The van der Waals surface area contributed by atoms with Crippen LogP contribution in [-0.2, 0) is 9.59 Å². The topological polar surface area (TPSA) is 57.6 Å². The van der Waals surface area contributed by atoms with E-state index in [0.29, 0.717) is 32.4 Å². The Hall–Kier alpha value is -1.27. The van der Waals surface area contributed by atoms with Crippen molar-refractivity contribution in [2.45, 2.75) is 38.3 Å². The molecule has 0 aromatic carbocycles. The summed E-state index contributed by atoms with van der Waals surface area (Å²) in [5.41, 5.74) is -0.202. The Morgan fingerprint density at radius 3 is 2.26 bits per heavy atom. The van der Waals surface area contributed by atoms with Gasteiger partial charge in [0.25, 0.3) is 0 Å². The highest BCUT2D eigenvalue weighted by Gasteiger charge is 2.59. The van der Waals surface area contributed by atoms with E-state index < -0.39 is 30.9 Å². The third-order valence-electron chi connectivity index (χ3n) is 4.22. The largest absolute Gasteiger partial charge is 0.481 e. The van der Waals surface area contributed by atoms with Gasteiger partial charge in [-0.05, 0) is 24.7 Å². The van der Waals surface area contributed by atoms with Crippen molar-refractivity contribution in [3.05, 3.63) is 0 Å². The zero-order chi connectivity index (χ0) is 14.3. The van der Waals surface area contributed by atoms with Crippen molar-refractivity contribution in [1.82, 2.24) is 4.90 Å². The summed E-state index contributed by atoms with van der Waals surface area (Å²) in [6.07, 6.45) is -4.11. The van der Waals surface area contributed by atoms with Crippen molar-refractivity contribution >= 4 is 11.9 Å². The standard InChI is InChI=1S/C12H16F3NO3/c13-12(14,15)2-1-9(17)16-5-3-11(4-6-16)7-8(11)10(18)19/h8H,1-7H2,(H,18,19).